The van der Waals surface area contributed by atoms with Crippen LogP contribution in [0.1, 0.15) is 34.5 Å². The van der Waals surface area contributed by atoms with E-state index in [9.17, 15) is 4.79 Å². The molecule has 1 amide bonds. The molecule has 118 valence electrons. The van der Waals surface area contributed by atoms with Crippen molar-refractivity contribution in [2.45, 2.75) is 18.9 Å². The highest BCUT2D eigenvalue weighted by Gasteiger charge is 2.23. The van der Waals surface area contributed by atoms with Crippen LogP contribution in [-0.2, 0) is 4.74 Å². The van der Waals surface area contributed by atoms with Gasteiger partial charge in [0.1, 0.15) is 16.7 Å². The maximum atomic E-state index is 12.3. The molecule has 1 saturated heterocycles. The van der Waals surface area contributed by atoms with Crippen LogP contribution in [-0.4, -0.2) is 22.7 Å². The number of fused-ring (bicyclic) bond motifs is 1. The average Bonchev–Trinajstić information content (AvgIpc) is 3.26. The Hall–Kier alpha value is -1.96. The van der Waals surface area contributed by atoms with Crippen LogP contribution in [0, 0.1) is 0 Å². The lowest BCUT2D eigenvalue weighted by Gasteiger charge is -2.02. The summed E-state index contributed by atoms with van der Waals surface area (Å²) in [5.74, 6) is -0.163. The summed E-state index contributed by atoms with van der Waals surface area (Å²) in [5.41, 5.74) is 0.608. The van der Waals surface area contributed by atoms with Crippen LogP contribution in [0.25, 0.3) is 11.0 Å². The van der Waals surface area contributed by atoms with Crippen molar-refractivity contribution in [3.05, 3.63) is 40.1 Å². The summed E-state index contributed by atoms with van der Waals surface area (Å²) in [6, 6.07) is 6.85. The van der Waals surface area contributed by atoms with Crippen molar-refractivity contribution in [2.24, 2.45) is 0 Å². The van der Waals surface area contributed by atoms with E-state index in [2.05, 4.69) is 15.5 Å². The van der Waals surface area contributed by atoms with Gasteiger partial charge in [-0.3, -0.25) is 10.1 Å². The second-order valence-electron chi connectivity index (χ2n) is 5.19. The summed E-state index contributed by atoms with van der Waals surface area (Å²) in [6.07, 6.45) is 1.95. The lowest BCUT2D eigenvalue weighted by atomic mass is 10.2. The molecule has 1 aliphatic heterocycles. The van der Waals surface area contributed by atoms with E-state index in [0.29, 0.717) is 15.7 Å². The number of hydrogen-bond donors (Lipinski definition) is 1. The van der Waals surface area contributed by atoms with Crippen molar-refractivity contribution in [2.75, 3.05) is 11.9 Å². The molecule has 0 spiro atoms. The minimum atomic E-state index is -0.368. The Morgan fingerprint density at radius 3 is 3.09 bits per heavy atom. The molecular formula is C15H12ClN3O3S. The number of nitrogens with one attached hydrogen (secondary N) is 1. The van der Waals surface area contributed by atoms with Gasteiger partial charge in [0.25, 0.3) is 5.91 Å². The Morgan fingerprint density at radius 1 is 1.35 bits per heavy atom. The fourth-order valence-corrected chi connectivity index (χ4v) is 3.48. The molecule has 0 radical (unpaired) electrons. The third-order valence-electron chi connectivity index (χ3n) is 3.57. The average molecular weight is 350 g/mol. The quantitative estimate of drug-likeness (QED) is 0.772. The van der Waals surface area contributed by atoms with E-state index in [-0.39, 0.29) is 17.8 Å². The number of amides is 1. The van der Waals surface area contributed by atoms with Gasteiger partial charge in [-0.15, -0.1) is 10.2 Å². The van der Waals surface area contributed by atoms with Crippen LogP contribution in [0.2, 0.25) is 5.02 Å². The third-order valence-corrected chi connectivity index (χ3v) is 4.73. The molecule has 1 aliphatic rings. The first kappa shape index (κ1) is 14.6. The summed E-state index contributed by atoms with van der Waals surface area (Å²) in [4.78, 5) is 12.3. The summed E-state index contributed by atoms with van der Waals surface area (Å²) in [7, 11) is 0. The number of anilines is 1. The minimum absolute atomic E-state index is 0.00788. The summed E-state index contributed by atoms with van der Waals surface area (Å²) >= 11 is 7.25. The first-order valence-corrected chi connectivity index (χ1v) is 8.34. The molecule has 0 aliphatic carbocycles. The van der Waals surface area contributed by atoms with Gasteiger partial charge in [0, 0.05) is 17.0 Å². The van der Waals surface area contributed by atoms with E-state index < -0.39 is 0 Å². The SMILES string of the molecule is O=C(Nc1nnc(C2CCCO2)s1)c1cc2cc(Cl)ccc2o1. The topological polar surface area (TPSA) is 77.2 Å². The van der Waals surface area contributed by atoms with E-state index >= 15 is 0 Å². The van der Waals surface area contributed by atoms with Crippen molar-refractivity contribution in [3.8, 4) is 0 Å². The van der Waals surface area contributed by atoms with Crippen molar-refractivity contribution >= 4 is 44.9 Å². The lowest BCUT2D eigenvalue weighted by molar-refractivity contribution is 0.0998. The van der Waals surface area contributed by atoms with E-state index in [1.54, 1.807) is 24.3 Å². The second-order valence-corrected chi connectivity index (χ2v) is 6.64. The Morgan fingerprint density at radius 2 is 2.26 bits per heavy atom. The predicted molar refractivity (Wildman–Crippen MR) is 87.0 cm³/mol. The fraction of sp³-hybridized carbons (Fsp3) is 0.267. The second kappa shape index (κ2) is 5.92. The number of aromatic nitrogens is 2. The van der Waals surface area contributed by atoms with Crippen molar-refractivity contribution in [1.82, 2.24) is 10.2 Å². The van der Waals surface area contributed by atoms with Crippen LogP contribution in [0.3, 0.4) is 0 Å². The Labute approximate surface area is 140 Å². The number of furan rings is 1. The normalized spacial score (nSPS) is 17.7. The Bertz CT molecular complexity index is 870. The fourth-order valence-electron chi connectivity index (χ4n) is 2.47. The van der Waals surface area contributed by atoms with Crippen molar-refractivity contribution in [1.29, 1.82) is 0 Å². The molecule has 1 fully saturated rings. The number of carbonyl (C=O) groups excluding carboxylic acids is 1. The van der Waals surface area contributed by atoms with Gasteiger partial charge >= 0.3 is 0 Å². The first-order chi connectivity index (χ1) is 11.2. The monoisotopic (exact) mass is 349 g/mol. The zero-order valence-electron chi connectivity index (χ0n) is 11.9. The first-order valence-electron chi connectivity index (χ1n) is 7.14. The molecule has 6 nitrogen and oxygen atoms in total. The van der Waals surface area contributed by atoms with E-state index in [1.807, 2.05) is 0 Å². The number of halogens is 1. The molecule has 1 aromatic carbocycles. The van der Waals surface area contributed by atoms with Gasteiger partial charge in [-0.25, -0.2) is 0 Å². The molecule has 2 aromatic heterocycles. The number of nitrogens with zero attached hydrogens (tertiary/aromatic N) is 2. The highest BCUT2D eigenvalue weighted by molar-refractivity contribution is 7.15. The minimum Gasteiger partial charge on any atom is -0.451 e. The largest absolute Gasteiger partial charge is 0.451 e. The van der Waals surface area contributed by atoms with Gasteiger partial charge in [0.15, 0.2) is 5.76 Å². The van der Waals surface area contributed by atoms with Gasteiger partial charge in [-0.05, 0) is 37.1 Å². The molecule has 0 bridgehead atoms. The Kier molecular flexibility index (Phi) is 3.76. The summed E-state index contributed by atoms with van der Waals surface area (Å²) in [5, 5.41) is 13.4. The van der Waals surface area contributed by atoms with Crippen LogP contribution in [0.15, 0.2) is 28.7 Å². The predicted octanol–water partition coefficient (Wildman–Crippen LogP) is 4.04. The van der Waals surface area contributed by atoms with Crippen LogP contribution in [0.5, 0.6) is 0 Å². The molecule has 23 heavy (non-hydrogen) atoms. The smallest absolute Gasteiger partial charge is 0.293 e. The van der Waals surface area contributed by atoms with Crippen LogP contribution in [0.4, 0.5) is 5.13 Å². The van der Waals surface area contributed by atoms with Crippen molar-refractivity contribution < 1.29 is 13.9 Å². The zero-order chi connectivity index (χ0) is 15.8. The number of hydrogen-bond acceptors (Lipinski definition) is 6. The van der Waals surface area contributed by atoms with Crippen LogP contribution >= 0.6 is 22.9 Å². The number of rotatable bonds is 3. The molecule has 8 heteroatoms. The molecule has 1 unspecified atom stereocenters. The molecule has 1 atom stereocenters. The molecule has 1 N–H and O–H groups in total. The highest BCUT2D eigenvalue weighted by Crippen LogP contribution is 2.32. The summed E-state index contributed by atoms with van der Waals surface area (Å²) in [6.45, 7) is 0.744. The highest BCUT2D eigenvalue weighted by atomic mass is 35.5. The van der Waals surface area contributed by atoms with Gasteiger partial charge in [-0.2, -0.15) is 0 Å². The lowest BCUT2D eigenvalue weighted by Crippen LogP contribution is -2.10. The molecule has 3 aromatic rings. The molecular weight excluding hydrogens is 338 g/mol. The van der Waals surface area contributed by atoms with E-state index in [0.717, 1.165) is 29.8 Å². The maximum absolute atomic E-state index is 12.3. The summed E-state index contributed by atoms with van der Waals surface area (Å²) < 4.78 is 11.1. The van der Waals surface area contributed by atoms with Gasteiger partial charge in [0.2, 0.25) is 5.13 Å². The van der Waals surface area contributed by atoms with E-state index in [4.69, 9.17) is 20.8 Å². The number of carbonyl (C=O) groups is 1. The zero-order valence-corrected chi connectivity index (χ0v) is 13.5. The number of benzene rings is 1. The van der Waals surface area contributed by atoms with Gasteiger partial charge in [0.05, 0.1) is 0 Å². The van der Waals surface area contributed by atoms with E-state index in [1.165, 1.54) is 11.3 Å². The molecule has 4 rings (SSSR count). The standard InChI is InChI=1S/C15H12ClN3O3S/c16-9-3-4-10-8(6-9)7-12(22-10)13(20)17-15-19-18-14(23-15)11-2-1-5-21-11/h3-4,6-7,11H,1-2,5H2,(H,17,19,20). The Balaban J connectivity index is 1.52. The molecule has 3 heterocycles. The van der Waals surface area contributed by atoms with Crippen LogP contribution < -0.4 is 5.32 Å². The van der Waals surface area contributed by atoms with Crippen molar-refractivity contribution in [3.63, 3.8) is 0 Å². The van der Waals surface area contributed by atoms with Gasteiger partial charge < -0.3 is 9.15 Å². The number of ether oxygens (including phenoxy) is 1. The van der Waals surface area contributed by atoms with Gasteiger partial charge in [-0.1, -0.05) is 22.9 Å². The third kappa shape index (κ3) is 2.95. The maximum Gasteiger partial charge on any atom is 0.293 e. The molecule has 0 saturated carbocycles.